The number of pyridine rings is 2. The molecular weight excluding hydrogens is 1030 g/mol. The fourth-order valence-electron chi connectivity index (χ4n) is 8.04. The van der Waals surface area contributed by atoms with Gasteiger partial charge in [-0.05, 0) is 90.6 Å². The molecule has 0 aliphatic carbocycles. The average molecular weight is 1090 g/mol. The zero-order valence-electron chi connectivity index (χ0n) is 44.7. The Kier molecular flexibility index (Phi) is 20.0. The number of nitriles is 2. The first-order chi connectivity index (χ1) is 38.6. The van der Waals surface area contributed by atoms with Crippen molar-refractivity contribution in [3.8, 4) is 46.6 Å². The Bertz CT molecular complexity index is 3650. The molecule has 2 aromatic heterocycles. The summed E-state index contributed by atoms with van der Waals surface area (Å²) in [5.41, 5.74) is 2.77. The second-order valence-corrected chi connectivity index (χ2v) is 18.4. The largest absolute Gasteiger partial charge is 0.494 e. The molecular formula is C62H56F4N8O6. The Morgan fingerprint density at radius 3 is 1.49 bits per heavy atom. The molecule has 0 unspecified atom stereocenters. The second kappa shape index (κ2) is 27.6. The molecule has 8 rings (SSSR count). The first kappa shape index (κ1) is 58.1. The number of likely N-dealkylation sites (N-methyl/N-ethyl adjacent to an activating group) is 2. The predicted molar refractivity (Wildman–Crippen MR) is 300 cm³/mol. The van der Waals surface area contributed by atoms with Gasteiger partial charge in [0.1, 0.15) is 35.1 Å². The third-order valence-electron chi connectivity index (χ3n) is 11.7. The van der Waals surface area contributed by atoms with Crippen molar-refractivity contribution < 1.29 is 46.1 Å². The number of nitrogens with one attached hydrogen (secondary N) is 2. The molecule has 2 N–H and O–H groups in total. The first-order valence-electron chi connectivity index (χ1n) is 25.2. The summed E-state index contributed by atoms with van der Waals surface area (Å²) in [6, 6.07) is 31.8. The van der Waals surface area contributed by atoms with Crippen molar-refractivity contribution in [2.45, 2.75) is 26.7 Å². The maximum Gasteiger partial charge on any atom is 0.198 e. The van der Waals surface area contributed by atoms with Crippen LogP contribution >= 0.6 is 0 Å². The van der Waals surface area contributed by atoms with Gasteiger partial charge in [0.05, 0.1) is 52.4 Å². The highest BCUT2D eigenvalue weighted by Gasteiger charge is 2.21. The van der Waals surface area contributed by atoms with E-state index in [4.69, 9.17) is 18.9 Å². The fourth-order valence-corrected chi connectivity index (χ4v) is 8.04. The number of rotatable bonds is 22. The lowest BCUT2D eigenvalue weighted by atomic mass is 10.0. The van der Waals surface area contributed by atoms with Crippen LogP contribution in [0.1, 0.15) is 36.1 Å². The normalized spacial score (nSPS) is 11.1. The van der Waals surface area contributed by atoms with Gasteiger partial charge in [0.15, 0.2) is 46.3 Å². The molecule has 80 heavy (non-hydrogen) atoms. The van der Waals surface area contributed by atoms with Crippen LogP contribution in [0.3, 0.4) is 0 Å². The monoisotopic (exact) mass is 1080 g/mol. The molecule has 408 valence electrons. The van der Waals surface area contributed by atoms with E-state index in [9.17, 15) is 33.3 Å². The molecule has 0 saturated heterocycles. The topological polar surface area (TPSA) is 175 Å². The number of aromatic nitrogens is 2. The molecule has 0 radical (unpaired) electrons. The van der Waals surface area contributed by atoms with Crippen molar-refractivity contribution in [1.82, 2.24) is 19.8 Å². The summed E-state index contributed by atoms with van der Waals surface area (Å²) in [5, 5.41) is 26.3. The minimum Gasteiger partial charge on any atom is -0.494 e. The van der Waals surface area contributed by atoms with E-state index in [1.54, 1.807) is 97.1 Å². The SMILES string of the molecule is CCOc1cc2ncc(C#N)c(Nc3cc(F)c(Oc4ccccc4)c(F)c3)c2cc1CC(=O)/C=C/CN(C)C.CCOc1cc2ncc(C#N)c(Nc3cc(F)c(Oc4ccccc4)cc3F)c2cc1CC(=O)/C=C/CN(C)C. The van der Waals surface area contributed by atoms with Crippen LogP contribution in [-0.2, 0) is 22.4 Å². The maximum absolute atomic E-state index is 15.2. The van der Waals surface area contributed by atoms with Gasteiger partial charge in [0.25, 0.3) is 0 Å². The second-order valence-electron chi connectivity index (χ2n) is 18.4. The third-order valence-corrected chi connectivity index (χ3v) is 11.7. The van der Waals surface area contributed by atoms with E-state index in [0.717, 1.165) is 24.3 Å². The van der Waals surface area contributed by atoms with Crippen LogP contribution in [0.5, 0.6) is 34.5 Å². The highest BCUT2D eigenvalue weighted by Crippen LogP contribution is 2.39. The van der Waals surface area contributed by atoms with Crippen LogP contribution in [0, 0.1) is 45.9 Å². The number of carbonyl (C=O) groups excluding carboxylic acids is 2. The van der Waals surface area contributed by atoms with Gasteiger partial charge in [0, 0.05) is 102 Å². The standard InChI is InChI=1S/2C31H28F2N4O3/c1-4-39-29-17-28-25(14-20(29)13-23(38)9-8-12-37(2)3)30(21(18-34)19-35-28)36-22-15-26(32)31(27(33)16-22)40-24-10-6-5-7-11-24;1-4-39-29-17-27-24(14-20(29)13-22(38)9-8-12-37(2)3)31(21(18-34)19-35-27)36-28-15-26(33)30(16-25(28)32)40-23-10-6-5-7-11-23/h2*5-11,14-17,19H,4,12-13H2,1-3H3,(H,35,36)/b2*9-8+. The molecule has 0 aliphatic rings. The van der Waals surface area contributed by atoms with Crippen LogP contribution in [0.4, 0.5) is 40.3 Å². The van der Waals surface area contributed by atoms with E-state index in [1.165, 1.54) is 24.5 Å². The quantitative estimate of drug-likeness (QED) is 0.0484. The lowest BCUT2D eigenvalue weighted by Crippen LogP contribution is -2.11. The Morgan fingerprint density at radius 1 is 0.575 bits per heavy atom. The summed E-state index contributed by atoms with van der Waals surface area (Å²) < 4.78 is 82.4. The Morgan fingerprint density at radius 2 is 1.04 bits per heavy atom. The number of hydrogen-bond acceptors (Lipinski definition) is 14. The van der Waals surface area contributed by atoms with Gasteiger partial charge >= 0.3 is 0 Å². The molecule has 0 aliphatic heterocycles. The van der Waals surface area contributed by atoms with Crippen molar-refractivity contribution in [3.05, 3.63) is 191 Å². The molecule has 0 bridgehead atoms. The predicted octanol–water partition coefficient (Wildman–Crippen LogP) is 13.1. The lowest BCUT2D eigenvalue weighted by Gasteiger charge is -2.16. The smallest absolute Gasteiger partial charge is 0.198 e. The van der Waals surface area contributed by atoms with Crippen LogP contribution in [0.25, 0.3) is 21.8 Å². The van der Waals surface area contributed by atoms with Gasteiger partial charge in [-0.15, -0.1) is 0 Å². The summed E-state index contributed by atoms with van der Waals surface area (Å²) in [5.74, 6) is -2.88. The molecule has 6 aromatic carbocycles. The van der Waals surface area contributed by atoms with E-state index in [1.807, 2.05) is 57.9 Å². The number of ether oxygens (including phenoxy) is 4. The van der Waals surface area contributed by atoms with Crippen molar-refractivity contribution in [2.24, 2.45) is 0 Å². The van der Waals surface area contributed by atoms with E-state index >= 15 is 4.39 Å². The lowest BCUT2D eigenvalue weighted by molar-refractivity contribution is -0.114. The van der Waals surface area contributed by atoms with Crippen LogP contribution < -0.4 is 29.6 Å². The maximum atomic E-state index is 15.2. The fraction of sp³-hybridized carbons (Fsp3) is 0.194. The number of allylic oxidation sites excluding steroid dienone is 2. The first-order valence-corrected chi connectivity index (χ1v) is 25.2. The summed E-state index contributed by atoms with van der Waals surface area (Å²) in [6.07, 6.45) is 9.40. The molecule has 0 atom stereocenters. The Balaban J connectivity index is 0.000000231. The van der Waals surface area contributed by atoms with Gasteiger partial charge in [-0.25, -0.2) is 17.6 Å². The highest BCUT2D eigenvalue weighted by molar-refractivity contribution is 6.00. The summed E-state index contributed by atoms with van der Waals surface area (Å²) in [7, 11) is 7.61. The molecule has 0 spiro atoms. The van der Waals surface area contributed by atoms with E-state index in [0.29, 0.717) is 82.2 Å². The Hall–Kier alpha value is -9.62. The average Bonchev–Trinajstić information content (AvgIpc) is 3.55. The number of benzene rings is 6. The molecule has 0 fully saturated rings. The van der Waals surface area contributed by atoms with Crippen molar-refractivity contribution in [3.63, 3.8) is 0 Å². The number of nitrogens with zero attached hydrogens (tertiary/aromatic N) is 6. The number of halogens is 4. The van der Waals surface area contributed by atoms with Crippen LogP contribution in [0.2, 0.25) is 0 Å². The van der Waals surface area contributed by atoms with Crippen molar-refractivity contribution in [1.29, 1.82) is 10.5 Å². The number of carbonyl (C=O) groups is 2. The minimum atomic E-state index is -0.919. The number of hydrogen-bond donors (Lipinski definition) is 2. The van der Waals surface area contributed by atoms with Crippen molar-refractivity contribution in [2.75, 3.05) is 65.1 Å². The van der Waals surface area contributed by atoms with Gasteiger partial charge in [0.2, 0.25) is 0 Å². The summed E-state index contributed by atoms with van der Waals surface area (Å²) in [6.45, 7) is 5.64. The summed E-state index contributed by atoms with van der Waals surface area (Å²) in [4.78, 5) is 38.0. The number of fused-ring (bicyclic) bond motifs is 2. The molecule has 0 amide bonds. The number of anilines is 4. The minimum absolute atomic E-state index is 0.0416. The van der Waals surface area contributed by atoms with E-state index < -0.39 is 29.0 Å². The van der Waals surface area contributed by atoms with E-state index in [-0.39, 0.29) is 64.1 Å². The van der Waals surface area contributed by atoms with Gasteiger partial charge in [-0.2, -0.15) is 10.5 Å². The molecule has 0 saturated carbocycles. The molecule has 2 heterocycles. The Labute approximate surface area is 460 Å². The number of ketones is 2. The van der Waals surface area contributed by atoms with Gasteiger partial charge in [-0.1, -0.05) is 48.6 Å². The zero-order valence-corrected chi connectivity index (χ0v) is 44.7. The summed E-state index contributed by atoms with van der Waals surface area (Å²) >= 11 is 0. The van der Waals surface area contributed by atoms with Crippen LogP contribution in [-0.4, -0.2) is 85.8 Å². The van der Waals surface area contributed by atoms with Crippen LogP contribution in [0.15, 0.2) is 146 Å². The van der Waals surface area contributed by atoms with Gasteiger partial charge < -0.3 is 39.4 Å². The highest BCUT2D eigenvalue weighted by atomic mass is 19.1. The zero-order chi connectivity index (χ0) is 57.3. The molecule has 8 aromatic rings. The molecule has 14 nitrogen and oxygen atoms in total. The molecule has 18 heteroatoms. The van der Waals surface area contributed by atoms with Crippen molar-refractivity contribution >= 4 is 56.1 Å². The van der Waals surface area contributed by atoms with E-state index in [2.05, 4.69) is 26.7 Å². The number of para-hydroxylation sites is 2. The third kappa shape index (κ3) is 15.3. The van der Waals surface area contributed by atoms with Gasteiger partial charge in [-0.3, -0.25) is 19.6 Å².